The number of amides is 1. The van der Waals surface area contributed by atoms with Crippen molar-refractivity contribution in [3.05, 3.63) is 95.6 Å². The Balaban J connectivity index is 1.56. The molecule has 0 fully saturated rings. The maximum Gasteiger partial charge on any atom is 0.343 e. The van der Waals surface area contributed by atoms with E-state index in [0.717, 1.165) is 5.56 Å². The van der Waals surface area contributed by atoms with E-state index in [1.165, 1.54) is 6.21 Å². The van der Waals surface area contributed by atoms with E-state index in [2.05, 4.69) is 10.5 Å². The smallest absolute Gasteiger partial charge is 0.343 e. The lowest BCUT2D eigenvalue weighted by Gasteiger charge is -2.06. The van der Waals surface area contributed by atoms with Crippen LogP contribution in [0, 0.1) is 0 Å². The summed E-state index contributed by atoms with van der Waals surface area (Å²) < 4.78 is 10.5. The van der Waals surface area contributed by atoms with Crippen LogP contribution in [0.3, 0.4) is 0 Å². The third kappa shape index (κ3) is 6.04. The van der Waals surface area contributed by atoms with Gasteiger partial charge in [0, 0.05) is 0 Å². The first-order valence-corrected chi connectivity index (χ1v) is 8.96. The quantitative estimate of drug-likeness (QED) is 0.290. The zero-order chi connectivity index (χ0) is 20.5. The summed E-state index contributed by atoms with van der Waals surface area (Å²) in [7, 11) is 1.56. The summed E-state index contributed by atoms with van der Waals surface area (Å²) in [4.78, 5) is 24.2. The lowest BCUT2D eigenvalue weighted by molar-refractivity contribution is -0.120. The Kier molecular flexibility index (Phi) is 6.73. The summed E-state index contributed by atoms with van der Waals surface area (Å²) in [6.45, 7) is 0. The van der Waals surface area contributed by atoms with E-state index < -0.39 is 5.97 Å². The van der Waals surface area contributed by atoms with Gasteiger partial charge in [0.2, 0.25) is 5.91 Å². The van der Waals surface area contributed by atoms with Gasteiger partial charge in [0.1, 0.15) is 11.5 Å². The van der Waals surface area contributed by atoms with Crippen LogP contribution in [0.5, 0.6) is 11.5 Å². The molecule has 0 bridgehead atoms. The Bertz CT molecular complexity index is 999. The maximum atomic E-state index is 12.2. The average molecular weight is 388 g/mol. The fourth-order valence-corrected chi connectivity index (χ4v) is 2.55. The molecule has 0 saturated heterocycles. The minimum absolute atomic E-state index is 0.213. The number of rotatable bonds is 7. The van der Waals surface area contributed by atoms with Crippen LogP contribution in [0.1, 0.15) is 21.5 Å². The monoisotopic (exact) mass is 388 g/mol. The van der Waals surface area contributed by atoms with Crippen molar-refractivity contribution in [3.8, 4) is 11.5 Å². The van der Waals surface area contributed by atoms with Crippen molar-refractivity contribution in [2.45, 2.75) is 6.42 Å². The van der Waals surface area contributed by atoms with Gasteiger partial charge in [-0.15, -0.1) is 0 Å². The van der Waals surface area contributed by atoms with E-state index in [0.29, 0.717) is 22.6 Å². The van der Waals surface area contributed by atoms with Crippen LogP contribution in [0.25, 0.3) is 0 Å². The van der Waals surface area contributed by atoms with Crippen LogP contribution in [0.2, 0.25) is 0 Å². The summed E-state index contributed by atoms with van der Waals surface area (Å²) in [5.74, 6) is 0.354. The molecule has 0 radical (unpaired) electrons. The van der Waals surface area contributed by atoms with Crippen molar-refractivity contribution >= 4 is 18.1 Å². The molecule has 1 N–H and O–H groups in total. The molecular weight excluding hydrogens is 368 g/mol. The normalized spacial score (nSPS) is 10.5. The SMILES string of the molecule is COc1ccc(C(=O)Oc2cccc(/C=N\NC(=O)Cc3ccccc3)c2)cc1. The van der Waals surface area contributed by atoms with E-state index >= 15 is 0 Å². The van der Waals surface area contributed by atoms with Gasteiger partial charge in [-0.3, -0.25) is 4.79 Å². The lowest BCUT2D eigenvalue weighted by Crippen LogP contribution is -2.19. The van der Waals surface area contributed by atoms with Crippen LogP contribution in [-0.4, -0.2) is 25.2 Å². The molecule has 0 aliphatic heterocycles. The highest BCUT2D eigenvalue weighted by molar-refractivity contribution is 5.91. The van der Waals surface area contributed by atoms with Gasteiger partial charge in [-0.05, 0) is 47.5 Å². The molecule has 0 aliphatic rings. The third-order valence-electron chi connectivity index (χ3n) is 4.00. The van der Waals surface area contributed by atoms with Crippen molar-refractivity contribution in [3.63, 3.8) is 0 Å². The molecule has 0 unspecified atom stereocenters. The number of methoxy groups -OCH3 is 1. The largest absolute Gasteiger partial charge is 0.497 e. The summed E-state index contributed by atoms with van der Waals surface area (Å²) >= 11 is 0. The Morgan fingerprint density at radius 2 is 1.69 bits per heavy atom. The number of hydrogen-bond acceptors (Lipinski definition) is 5. The summed E-state index contributed by atoms with van der Waals surface area (Å²) in [5, 5.41) is 3.96. The molecule has 0 heterocycles. The van der Waals surface area contributed by atoms with E-state index in [-0.39, 0.29) is 12.3 Å². The van der Waals surface area contributed by atoms with Crippen molar-refractivity contribution in [1.82, 2.24) is 5.43 Å². The molecule has 3 aromatic carbocycles. The van der Waals surface area contributed by atoms with Crippen LogP contribution in [0.15, 0.2) is 84.0 Å². The molecule has 3 rings (SSSR count). The Labute approximate surface area is 168 Å². The highest BCUT2D eigenvalue weighted by Gasteiger charge is 2.09. The van der Waals surface area contributed by atoms with Gasteiger partial charge in [-0.25, -0.2) is 10.2 Å². The van der Waals surface area contributed by atoms with E-state index in [1.54, 1.807) is 55.6 Å². The van der Waals surface area contributed by atoms with Crippen LogP contribution < -0.4 is 14.9 Å². The second-order valence-electron chi connectivity index (χ2n) is 6.15. The minimum atomic E-state index is -0.474. The fraction of sp³-hybridized carbons (Fsp3) is 0.0870. The Morgan fingerprint density at radius 1 is 0.931 bits per heavy atom. The standard InChI is InChI=1S/C23H20N2O4/c1-28-20-12-10-19(11-13-20)23(27)29-21-9-5-8-18(14-21)16-24-25-22(26)15-17-6-3-2-4-7-17/h2-14,16H,15H2,1H3,(H,25,26)/b24-16-. The molecule has 0 aliphatic carbocycles. The number of esters is 1. The molecule has 146 valence electrons. The zero-order valence-electron chi connectivity index (χ0n) is 15.9. The molecule has 0 aromatic heterocycles. The third-order valence-corrected chi connectivity index (χ3v) is 4.00. The van der Waals surface area contributed by atoms with Crippen molar-refractivity contribution in [1.29, 1.82) is 0 Å². The molecule has 6 nitrogen and oxygen atoms in total. The van der Waals surface area contributed by atoms with Gasteiger partial charge >= 0.3 is 5.97 Å². The number of carbonyl (C=O) groups excluding carboxylic acids is 2. The van der Waals surface area contributed by atoms with Crippen molar-refractivity contribution in [2.75, 3.05) is 7.11 Å². The number of benzene rings is 3. The molecule has 0 spiro atoms. The molecule has 3 aromatic rings. The Morgan fingerprint density at radius 3 is 2.41 bits per heavy atom. The molecule has 29 heavy (non-hydrogen) atoms. The molecular formula is C23H20N2O4. The lowest BCUT2D eigenvalue weighted by atomic mass is 10.1. The fourth-order valence-electron chi connectivity index (χ4n) is 2.55. The van der Waals surface area contributed by atoms with Gasteiger partial charge < -0.3 is 9.47 Å². The first-order chi connectivity index (χ1) is 14.1. The van der Waals surface area contributed by atoms with Gasteiger partial charge in [0.05, 0.1) is 25.3 Å². The van der Waals surface area contributed by atoms with Gasteiger partial charge in [-0.1, -0.05) is 42.5 Å². The van der Waals surface area contributed by atoms with Crippen molar-refractivity contribution < 1.29 is 19.1 Å². The highest BCUT2D eigenvalue weighted by Crippen LogP contribution is 2.16. The predicted octanol–water partition coefficient (Wildman–Crippen LogP) is 3.61. The van der Waals surface area contributed by atoms with Crippen LogP contribution in [-0.2, 0) is 11.2 Å². The second-order valence-corrected chi connectivity index (χ2v) is 6.15. The maximum absolute atomic E-state index is 12.2. The molecule has 0 atom stereocenters. The number of hydrazone groups is 1. The van der Waals surface area contributed by atoms with E-state index in [1.807, 2.05) is 30.3 Å². The first kappa shape index (κ1) is 19.8. The minimum Gasteiger partial charge on any atom is -0.497 e. The molecule has 1 amide bonds. The van der Waals surface area contributed by atoms with E-state index in [4.69, 9.17) is 9.47 Å². The summed E-state index contributed by atoms with van der Waals surface area (Å²) in [6.07, 6.45) is 1.74. The van der Waals surface area contributed by atoms with Crippen LogP contribution >= 0.6 is 0 Å². The average Bonchev–Trinajstić information content (AvgIpc) is 2.75. The molecule has 6 heteroatoms. The van der Waals surface area contributed by atoms with Crippen LogP contribution in [0.4, 0.5) is 0 Å². The number of ether oxygens (including phenoxy) is 2. The second kappa shape index (κ2) is 9.85. The topological polar surface area (TPSA) is 77.0 Å². The number of nitrogens with zero attached hydrogens (tertiary/aromatic N) is 1. The van der Waals surface area contributed by atoms with E-state index in [9.17, 15) is 9.59 Å². The predicted molar refractivity (Wildman–Crippen MR) is 110 cm³/mol. The number of hydrogen-bond donors (Lipinski definition) is 1. The summed E-state index contributed by atoms with van der Waals surface area (Å²) in [5.41, 5.74) is 4.50. The Hall–Kier alpha value is -3.93. The first-order valence-electron chi connectivity index (χ1n) is 8.96. The van der Waals surface area contributed by atoms with Gasteiger partial charge in [-0.2, -0.15) is 5.10 Å². The highest BCUT2D eigenvalue weighted by atomic mass is 16.5. The number of carbonyl (C=O) groups is 2. The van der Waals surface area contributed by atoms with Gasteiger partial charge in [0.25, 0.3) is 0 Å². The summed E-state index contributed by atoms with van der Waals surface area (Å²) in [6, 6.07) is 22.9. The molecule has 0 saturated carbocycles. The van der Waals surface area contributed by atoms with Gasteiger partial charge in [0.15, 0.2) is 0 Å². The van der Waals surface area contributed by atoms with Crippen molar-refractivity contribution in [2.24, 2.45) is 5.10 Å². The number of nitrogens with one attached hydrogen (secondary N) is 1. The zero-order valence-corrected chi connectivity index (χ0v) is 15.9.